The fourth-order valence-corrected chi connectivity index (χ4v) is 5.59. The highest BCUT2D eigenvalue weighted by molar-refractivity contribution is 5.82. The van der Waals surface area contributed by atoms with Crippen molar-refractivity contribution in [1.29, 1.82) is 0 Å². The lowest BCUT2D eigenvalue weighted by Crippen LogP contribution is -2.43. The van der Waals surface area contributed by atoms with Gasteiger partial charge < -0.3 is 18.8 Å². The van der Waals surface area contributed by atoms with E-state index in [0.717, 1.165) is 56.1 Å². The first-order valence-corrected chi connectivity index (χ1v) is 14.3. The minimum Gasteiger partial charge on any atom is -0.497 e. The van der Waals surface area contributed by atoms with E-state index in [9.17, 15) is 4.79 Å². The minimum absolute atomic E-state index is 0.0537. The van der Waals surface area contributed by atoms with Crippen LogP contribution < -0.4 is 14.9 Å². The molecule has 40 heavy (non-hydrogen) atoms. The van der Waals surface area contributed by atoms with E-state index >= 15 is 0 Å². The highest BCUT2D eigenvalue weighted by atomic mass is 16.5. The largest absolute Gasteiger partial charge is 0.497 e. The zero-order chi connectivity index (χ0) is 27.9. The van der Waals surface area contributed by atoms with Crippen LogP contribution in [0.1, 0.15) is 36.8 Å². The molecule has 1 aromatic heterocycles. The van der Waals surface area contributed by atoms with E-state index in [0.29, 0.717) is 29.2 Å². The van der Waals surface area contributed by atoms with Crippen LogP contribution in [0.2, 0.25) is 0 Å². The van der Waals surface area contributed by atoms with E-state index in [2.05, 4.69) is 48.0 Å². The number of methoxy groups -OCH3 is 1. The first-order valence-electron chi connectivity index (χ1n) is 14.3. The van der Waals surface area contributed by atoms with Gasteiger partial charge in [0.15, 0.2) is 5.43 Å². The Morgan fingerprint density at radius 1 is 0.975 bits per heavy atom. The number of aryl methyl sites for hydroxylation is 1. The molecule has 1 saturated heterocycles. The number of nitrogens with zero attached hydrogens (tertiary/aromatic N) is 2. The van der Waals surface area contributed by atoms with E-state index in [1.807, 2.05) is 36.4 Å². The van der Waals surface area contributed by atoms with Crippen molar-refractivity contribution in [1.82, 2.24) is 9.80 Å². The molecule has 4 aromatic rings. The van der Waals surface area contributed by atoms with Gasteiger partial charge in [0.05, 0.1) is 24.7 Å². The molecule has 5 rings (SSSR count). The lowest BCUT2D eigenvalue weighted by molar-refractivity contribution is 0.121. The molecule has 0 aliphatic carbocycles. The molecule has 1 aliphatic rings. The number of hydrogen-bond acceptors (Lipinski definition) is 6. The second-order valence-electron chi connectivity index (χ2n) is 10.9. The maximum atomic E-state index is 13.1. The lowest BCUT2D eigenvalue weighted by Gasteiger charge is -2.37. The van der Waals surface area contributed by atoms with Gasteiger partial charge in [-0.25, -0.2) is 0 Å². The number of likely N-dealkylation sites (tertiary alicyclic amines) is 1. The third-order valence-corrected chi connectivity index (χ3v) is 7.99. The number of benzene rings is 3. The highest BCUT2D eigenvalue weighted by Crippen LogP contribution is 2.25. The van der Waals surface area contributed by atoms with Crippen molar-refractivity contribution in [3.8, 4) is 22.6 Å². The van der Waals surface area contributed by atoms with Crippen molar-refractivity contribution in [2.24, 2.45) is 0 Å². The van der Waals surface area contributed by atoms with Crippen LogP contribution in [0.25, 0.3) is 22.1 Å². The second-order valence-corrected chi connectivity index (χ2v) is 10.9. The molecule has 0 radical (unpaired) electrons. The topological polar surface area (TPSA) is 55.2 Å². The summed E-state index contributed by atoms with van der Waals surface area (Å²) < 4.78 is 17.0. The van der Waals surface area contributed by atoms with Crippen LogP contribution in [0.4, 0.5) is 0 Å². The summed E-state index contributed by atoms with van der Waals surface area (Å²) in [5, 5.41) is 0.548. The van der Waals surface area contributed by atoms with Crippen LogP contribution in [-0.2, 0) is 6.54 Å². The third kappa shape index (κ3) is 6.93. The van der Waals surface area contributed by atoms with Gasteiger partial charge in [0.2, 0.25) is 0 Å². The zero-order valence-electron chi connectivity index (χ0n) is 23.9. The molecular formula is C34H40N2O4. The van der Waals surface area contributed by atoms with Crippen molar-refractivity contribution < 1.29 is 13.9 Å². The summed E-state index contributed by atoms with van der Waals surface area (Å²) in [5.41, 5.74) is 4.57. The molecule has 0 N–H and O–H groups in total. The van der Waals surface area contributed by atoms with Crippen molar-refractivity contribution in [3.63, 3.8) is 0 Å². The molecular weight excluding hydrogens is 500 g/mol. The number of ether oxygens (including phenoxy) is 2. The Hall–Kier alpha value is -3.61. The molecule has 0 saturated carbocycles. The predicted molar refractivity (Wildman–Crippen MR) is 161 cm³/mol. The quantitative estimate of drug-likeness (QED) is 0.202. The van der Waals surface area contributed by atoms with E-state index in [1.165, 1.54) is 30.2 Å². The molecule has 0 spiro atoms. The van der Waals surface area contributed by atoms with Crippen LogP contribution in [0.3, 0.4) is 0 Å². The summed E-state index contributed by atoms with van der Waals surface area (Å²) in [7, 11) is 3.88. The van der Waals surface area contributed by atoms with E-state index in [1.54, 1.807) is 13.2 Å². The normalized spacial score (nSPS) is 14.6. The smallest absolute Gasteiger partial charge is 0.200 e. The summed E-state index contributed by atoms with van der Waals surface area (Å²) >= 11 is 0. The van der Waals surface area contributed by atoms with Gasteiger partial charge in [0.25, 0.3) is 0 Å². The van der Waals surface area contributed by atoms with Gasteiger partial charge in [0, 0.05) is 18.7 Å². The number of piperidine rings is 1. The van der Waals surface area contributed by atoms with E-state index < -0.39 is 0 Å². The molecule has 3 aromatic carbocycles. The van der Waals surface area contributed by atoms with Crippen LogP contribution >= 0.6 is 0 Å². The van der Waals surface area contributed by atoms with Gasteiger partial charge in [-0.15, -0.1) is 0 Å². The molecule has 0 bridgehead atoms. The Morgan fingerprint density at radius 2 is 1.75 bits per heavy atom. The zero-order valence-corrected chi connectivity index (χ0v) is 23.9. The first kappa shape index (κ1) is 27.9. The molecule has 6 nitrogen and oxygen atoms in total. The summed E-state index contributed by atoms with van der Waals surface area (Å²) in [6, 6.07) is 22.4. The van der Waals surface area contributed by atoms with Crippen molar-refractivity contribution in [2.75, 3.05) is 40.4 Å². The molecule has 2 heterocycles. The maximum absolute atomic E-state index is 13.1. The molecule has 6 heteroatoms. The lowest BCUT2D eigenvalue weighted by atomic mass is 10.0. The Balaban J connectivity index is 1.05. The highest BCUT2D eigenvalue weighted by Gasteiger charge is 2.22. The van der Waals surface area contributed by atoms with E-state index in [4.69, 9.17) is 13.9 Å². The summed E-state index contributed by atoms with van der Waals surface area (Å²) in [5.74, 6) is 1.47. The predicted octanol–water partition coefficient (Wildman–Crippen LogP) is 6.53. The van der Waals surface area contributed by atoms with Crippen molar-refractivity contribution in [3.05, 3.63) is 94.3 Å². The fourth-order valence-electron chi connectivity index (χ4n) is 5.59. The first-order chi connectivity index (χ1) is 19.5. The van der Waals surface area contributed by atoms with Crippen molar-refractivity contribution >= 4 is 11.0 Å². The molecule has 210 valence electrons. The molecule has 0 amide bonds. The summed E-state index contributed by atoms with van der Waals surface area (Å²) in [6.45, 7) is 7.25. The van der Waals surface area contributed by atoms with E-state index in [-0.39, 0.29) is 5.43 Å². The molecule has 0 atom stereocenters. The molecule has 1 aliphatic heterocycles. The standard InChI is InChI=1S/C34H40N2O4/c1-25-7-6-8-26(21-25)23-36-18-15-28(16-19-36)35(2)17-4-5-20-39-30-13-14-31-33(22-30)40-24-32(34(31)37)27-9-11-29(38-3)12-10-27/h6-14,21-22,24,28H,4-5,15-20,23H2,1-3H3. The van der Waals surface area contributed by atoms with Gasteiger partial charge in [-0.1, -0.05) is 42.0 Å². The summed E-state index contributed by atoms with van der Waals surface area (Å²) in [6.07, 6.45) is 6.05. The number of fused-ring (bicyclic) bond motifs is 1. The second kappa shape index (κ2) is 13.2. The SMILES string of the molecule is COc1ccc(-c2coc3cc(OCCCCN(C)C4CCN(Cc5cccc(C)c5)CC4)ccc3c2=O)cc1. The van der Waals surface area contributed by atoms with Crippen LogP contribution in [0.5, 0.6) is 11.5 Å². The van der Waals surface area contributed by atoms with Crippen LogP contribution in [0.15, 0.2) is 82.2 Å². The molecule has 0 unspecified atom stereocenters. The average Bonchev–Trinajstić information content (AvgIpc) is 2.97. The Morgan fingerprint density at radius 3 is 2.50 bits per heavy atom. The summed E-state index contributed by atoms with van der Waals surface area (Å²) in [4.78, 5) is 18.2. The Labute approximate surface area is 237 Å². The molecule has 1 fully saturated rings. The van der Waals surface area contributed by atoms with Gasteiger partial charge in [-0.2, -0.15) is 0 Å². The number of rotatable bonds is 11. The van der Waals surface area contributed by atoms with Crippen LogP contribution in [-0.4, -0.2) is 56.2 Å². The third-order valence-electron chi connectivity index (χ3n) is 7.99. The number of unbranched alkanes of at least 4 members (excludes halogenated alkanes) is 1. The fraction of sp³-hybridized carbons (Fsp3) is 0.382. The van der Waals surface area contributed by atoms with Gasteiger partial charge in [-0.05, 0) is 94.7 Å². The Bertz CT molecular complexity index is 1460. The van der Waals surface area contributed by atoms with Gasteiger partial charge in [0.1, 0.15) is 23.3 Å². The number of hydrogen-bond donors (Lipinski definition) is 0. The Kier molecular flexibility index (Phi) is 9.19. The average molecular weight is 541 g/mol. The minimum atomic E-state index is -0.0537. The monoisotopic (exact) mass is 540 g/mol. The maximum Gasteiger partial charge on any atom is 0.200 e. The van der Waals surface area contributed by atoms with Gasteiger partial charge >= 0.3 is 0 Å². The van der Waals surface area contributed by atoms with Crippen molar-refractivity contribution in [2.45, 2.75) is 45.2 Å². The van der Waals surface area contributed by atoms with Crippen LogP contribution in [0, 0.1) is 6.92 Å². The van der Waals surface area contributed by atoms with Gasteiger partial charge in [-0.3, -0.25) is 9.69 Å².